The van der Waals surface area contributed by atoms with Crippen molar-refractivity contribution in [3.63, 3.8) is 0 Å². The largest absolute Gasteiger partial charge is 0.497 e. The van der Waals surface area contributed by atoms with Crippen molar-refractivity contribution in [2.24, 2.45) is 0 Å². The fourth-order valence-corrected chi connectivity index (χ4v) is 2.37. The zero-order valence-electron chi connectivity index (χ0n) is 12.6. The highest BCUT2D eigenvalue weighted by atomic mass is 127. The minimum absolute atomic E-state index is 0.309. The fraction of sp³-hybridized carbons (Fsp3) is 0.125. The summed E-state index contributed by atoms with van der Waals surface area (Å²) in [6, 6.07) is 11.8. The van der Waals surface area contributed by atoms with Crippen LogP contribution in [0, 0.1) is 3.57 Å². The van der Waals surface area contributed by atoms with Crippen LogP contribution in [0.1, 0.15) is 20.7 Å². The van der Waals surface area contributed by atoms with Crippen LogP contribution in [0.4, 0.5) is 0 Å². The number of hydrogen-bond donors (Lipinski definition) is 2. The molecule has 2 N–H and O–H groups in total. The molecule has 0 saturated heterocycles. The van der Waals surface area contributed by atoms with Gasteiger partial charge in [0.25, 0.3) is 11.8 Å². The molecule has 0 aromatic heterocycles. The Kier molecular flexibility index (Phi) is 5.80. The maximum absolute atomic E-state index is 12.1. The normalized spacial score (nSPS) is 9.87. The van der Waals surface area contributed by atoms with Crippen molar-refractivity contribution >= 4 is 34.4 Å². The first-order valence-corrected chi connectivity index (χ1v) is 7.70. The Bertz CT molecular complexity index is 712. The standard InChI is InChI=1S/C16H15IN2O4/c1-22-13-7-11(8-14(9-13)23-2)16(21)19-18-15(20)10-4-3-5-12(17)6-10/h3-9H,1-2H3,(H,18,20)(H,19,21). The van der Waals surface area contributed by atoms with Gasteiger partial charge in [-0.25, -0.2) is 0 Å². The lowest BCUT2D eigenvalue weighted by Gasteiger charge is -2.10. The molecule has 2 rings (SSSR count). The van der Waals surface area contributed by atoms with Crippen LogP contribution in [0.25, 0.3) is 0 Å². The number of carbonyl (C=O) groups excluding carboxylic acids is 2. The molecule has 0 aliphatic heterocycles. The minimum atomic E-state index is -0.471. The lowest BCUT2D eigenvalue weighted by Crippen LogP contribution is -2.41. The first kappa shape index (κ1) is 17.1. The van der Waals surface area contributed by atoms with Gasteiger partial charge in [-0.15, -0.1) is 0 Å². The summed E-state index contributed by atoms with van der Waals surface area (Å²) < 4.78 is 11.1. The van der Waals surface area contributed by atoms with Crippen LogP contribution < -0.4 is 20.3 Å². The van der Waals surface area contributed by atoms with E-state index in [0.29, 0.717) is 22.6 Å². The smallest absolute Gasteiger partial charge is 0.269 e. The number of methoxy groups -OCH3 is 2. The SMILES string of the molecule is COc1cc(OC)cc(C(=O)NNC(=O)c2cccc(I)c2)c1. The van der Waals surface area contributed by atoms with E-state index in [9.17, 15) is 9.59 Å². The summed E-state index contributed by atoms with van der Waals surface area (Å²) in [7, 11) is 2.99. The van der Waals surface area contributed by atoms with Crippen LogP contribution in [-0.2, 0) is 0 Å². The van der Waals surface area contributed by atoms with E-state index in [2.05, 4.69) is 33.4 Å². The number of carbonyl (C=O) groups is 2. The second-order valence-corrected chi connectivity index (χ2v) is 5.77. The Balaban J connectivity index is 2.06. The third-order valence-corrected chi connectivity index (χ3v) is 3.66. The van der Waals surface area contributed by atoms with Gasteiger partial charge in [-0.3, -0.25) is 20.4 Å². The van der Waals surface area contributed by atoms with Gasteiger partial charge in [0.15, 0.2) is 0 Å². The molecular formula is C16H15IN2O4. The number of nitrogens with one attached hydrogen (secondary N) is 2. The van der Waals surface area contributed by atoms with E-state index in [1.807, 2.05) is 6.07 Å². The van der Waals surface area contributed by atoms with E-state index >= 15 is 0 Å². The van der Waals surface area contributed by atoms with Gasteiger partial charge in [0, 0.05) is 20.8 Å². The van der Waals surface area contributed by atoms with Crippen molar-refractivity contribution in [3.8, 4) is 11.5 Å². The number of benzene rings is 2. The molecule has 23 heavy (non-hydrogen) atoms. The first-order valence-electron chi connectivity index (χ1n) is 6.63. The Morgan fingerprint density at radius 2 is 1.43 bits per heavy atom. The Hall–Kier alpha value is -2.29. The van der Waals surface area contributed by atoms with Gasteiger partial charge < -0.3 is 9.47 Å². The molecule has 2 aromatic rings. The Morgan fingerprint density at radius 3 is 1.96 bits per heavy atom. The highest BCUT2D eigenvalue weighted by Gasteiger charge is 2.12. The number of amides is 2. The quantitative estimate of drug-likeness (QED) is 0.582. The summed E-state index contributed by atoms with van der Waals surface area (Å²) in [6.07, 6.45) is 0. The van der Waals surface area contributed by atoms with E-state index in [-0.39, 0.29) is 0 Å². The van der Waals surface area contributed by atoms with Gasteiger partial charge in [0.2, 0.25) is 0 Å². The average molecular weight is 426 g/mol. The van der Waals surface area contributed by atoms with Crippen molar-refractivity contribution < 1.29 is 19.1 Å². The van der Waals surface area contributed by atoms with E-state index < -0.39 is 11.8 Å². The first-order chi connectivity index (χ1) is 11.0. The number of hydrogen-bond acceptors (Lipinski definition) is 4. The van der Waals surface area contributed by atoms with Crippen molar-refractivity contribution in [1.82, 2.24) is 10.9 Å². The molecular weight excluding hydrogens is 411 g/mol. The molecule has 0 aliphatic carbocycles. The van der Waals surface area contributed by atoms with Crippen molar-refractivity contribution in [3.05, 3.63) is 57.2 Å². The summed E-state index contributed by atoms with van der Waals surface area (Å²) >= 11 is 2.11. The highest BCUT2D eigenvalue weighted by molar-refractivity contribution is 14.1. The highest BCUT2D eigenvalue weighted by Crippen LogP contribution is 2.22. The molecule has 0 heterocycles. The molecule has 120 valence electrons. The lowest BCUT2D eigenvalue weighted by molar-refractivity contribution is 0.0846. The van der Waals surface area contributed by atoms with Gasteiger partial charge in [0.05, 0.1) is 14.2 Å². The molecule has 2 amide bonds. The number of hydrazine groups is 1. The van der Waals surface area contributed by atoms with Crippen molar-refractivity contribution in [2.75, 3.05) is 14.2 Å². The second-order valence-electron chi connectivity index (χ2n) is 4.52. The van der Waals surface area contributed by atoms with E-state index in [0.717, 1.165) is 3.57 Å². The molecule has 0 unspecified atom stereocenters. The number of halogens is 1. The van der Waals surface area contributed by atoms with Crippen LogP contribution >= 0.6 is 22.6 Å². The molecule has 0 bridgehead atoms. The van der Waals surface area contributed by atoms with Crippen molar-refractivity contribution in [2.45, 2.75) is 0 Å². The number of ether oxygens (including phenoxy) is 2. The van der Waals surface area contributed by atoms with Crippen LogP contribution in [0.15, 0.2) is 42.5 Å². The van der Waals surface area contributed by atoms with E-state index in [1.165, 1.54) is 14.2 Å². The van der Waals surface area contributed by atoms with Crippen LogP contribution in [0.3, 0.4) is 0 Å². The average Bonchev–Trinajstić information content (AvgIpc) is 2.58. The third kappa shape index (κ3) is 4.59. The summed E-state index contributed by atoms with van der Waals surface area (Å²) in [4.78, 5) is 24.1. The zero-order valence-corrected chi connectivity index (χ0v) is 14.7. The molecule has 0 fully saturated rings. The maximum Gasteiger partial charge on any atom is 0.269 e. The van der Waals surface area contributed by atoms with Crippen LogP contribution in [0.2, 0.25) is 0 Å². The van der Waals surface area contributed by atoms with E-state index in [4.69, 9.17) is 9.47 Å². The monoisotopic (exact) mass is 426 g/mol. The zero-order chi connectivity index (χ0) is 16.8. The molecule has 7 heteroatoms. The summed E-state index contributed by atoms with van der Waals surface area (Å²) in [5, 5.41) is 0. The third-order valence-electron chi connectivity index (χ3n) is 2.99. The Labute approximate surface area is 147 Å². The lowest BCUT2D eigenvalue weighted by atomic mass is 10.2. The molecule has 0 saturated carbocycles. The summed E-state index contributed by atoms with van der Waals surface area (Å²) in [6.45, 7) is 0. The predicted molar refractivity (Wildman–Crippen MR) is 93.6 cm³/mol. The van der Waals surface area contributed by atoms with Crippen LogP contribution in [-0.4, -0.2) is 26.0 Å². The van der Waals surface area contributed by atoms with Gasteiger partial charge in [-0.1, -0.05) is 6.07 Å². The molecule has 0 spiro atoms. The van der Waals surface area contributed by atoms with Crippen molar-refractivity contribution in [1.29, 1.82) is 0 Å². The predicted octanol–water partition coefficient (Wildman–Crippen LogP) is 2.38. The van der Waals surface area contributed by atoms with Gasteiger partial charge in [0.1, 0.15) is 11.5 Å². The Morgan fingerprint density at radius 1 is 0.870 bits per heavy atom. The minimum Gasteiger partial charge on any atom is -0.497 e. The molecule has 0 atom stereocenters. The van der Waals surface area contributed by atoms with Gasteiger partial charge in [-0.05, 0) is 52.9 Å². The van der Waals surface area contributed by atoms with Gasteiger partial charge >= 0.3 is 0 Å². The molecule has 2 aromatic carbocycles. The van der Waals surface area contributed by atoms with Gasteiger partial charge in [-0.2, -0.15) is 0 Å². The second kappa shape index (κ2) is 7.82. The van der Waals surface area contributed by atoms with E-state index in [1.54, 1.807) is 36.4 Å². The summed E-state index contributed by atoms with van der Waals surface area (Å²) in [5.74, 6) is 0.102. The molecule has 0 aliphatic rings. The maximum atomic E-state index is 12.1. The molecule has 6 nitrogen and oxygen atoms in total. The molecule has 0 radical (unpaired) electrons. The number of rotatable bonds is 4. The topological polar surface area (TPSA) is 76.7 Å². The fourth-order valence-electron chi connectivity index (χ4n) is 1.83. The summed E-state index contributed by atoms with van der Waals surface area (Å²) in [5.41, 5.74) is 5.51. The van der Waals surface area contributed by atoms with Crippen LogP contribution in [0.5, 0.6) is 11.5 Å².